The maximum atomic E-state index is 14.1. The number of fused-ring (bicyclic) bond motifs is 2. The van der Waals surface area contributed by atoms with Gasteiger partial charge in [-0.25, -0.2) is 9.37 Å². The van der Waals surface area contributed by atoms with Gasteiger partial charge in [0.05, 0.1) is 10.6 Å². The van der Waals surface area contributed by atoms with Crippen LogP contribution in [0.2, 0.25) is 5.02 Å². The Morgan fingerprint density at radius 1 is 1.19 bits per heavy atom. The lowest BCUT2D eigenvalue weighted by Gasteiger charge is -2.26. The second-order valence-corrected chi connectivity index (χ2v) is 8.25. The summed E-state index contributed by atoms with van der Waals surface area (Å²) in [5, 5.41) is 7.33. The molecule has 0 saturated carbocycles. The van der Waals surface area contributed by atoms with E-state index >= 15 is 0 Å². The summed E-state index contributed by atoms with van der Waals surface area (Å²) in [4.78, 5) is 9.48. The van der Waals surface area contributed by atoms with Gasteiger partial charge in [0, 0.05) is 29.1 Å². The summed E-state index contributed by atoms with van der Waals surface area (Å²) in [7, 11) is 0. The fourth-order valence-corrected chi connectivity index (χ4v) is 4.09. The zero-order valence-corrected chi connectivity index (χ0v) is 18.5. The molecule has 2 N–H and O–H groups in total. The van der Waals surface area contributed by atoms with Crippen molar-refractivity contribution < 1.29 is 9.13 Å². The van der Waals surface area contributed by atoms with Gasteiger partial charge in [0.1, 0.15) is 17.7 Å². The monoisotopic (exact) mass is 448 g/mol. The van der Waals surface area contributed by atoms with Crippen LogP contribution >= 0.6 is 11.6 Å². The molecule has 7 heteroatoms. The number of hydrogen-bond acceptors (Lipinski definition) is 5. The van der Waals surface area contributed by atoms with Crippen LogP contribution in [0.5, 0.6) is 5.88 Å². The number of nitrogens with zero attached hydrogens (tertiary/aromatic N) is 2. The van der Waals surface area contributed by atoms with Gasteiger partial charge in [0.2, 0.25) is 5.88 Å². The molecule has 1 aromatic heterocycles. The molecule has 3 aromatic rings. The molecule has 0 saturated heterocycles. The molecule has 0 spiro atoms. The number of halogens is 2. The number of anilines is 2. The molecule has 32 heavy (non-hydrogen) atoms. The van der Waals surface area contributed by atoms with Gasteiger partial charge in [0.25, 0.3) is 0 Å². The Morgan fingerprint density at radius 3 is 2.84 bits per heavy atom. The summed E-state index contributed by atoms with van der Waals surface area (Å²) in [6, 6.07) is 12.2. The Morgan fingerprint density at radius 2 is 2.03 bits per heavy atom. The fraction of sp³-hybridized carbons (Fsp3) is 0.200. The minimum Gasteiger partial charge on any atom is -0.470 e. The molecule has 2 aliphatic heterocycles. The van der Waals surface area contributed by atoms with Crippen molar-refractivity contribution in [2.24, 2.45) is 0 Å². The third-order valence-corrected chi connectivity index (χ3v) is 5.96. The van der Waals surface area contributed by atoms with Crippen LogP contribution in [0.1, 0.15) is 31.4 Å². The van der Waals surface area contributed by atoms with E-state index < -0.39 is 0 Å². The summed E-state index contributed by atoms with van der Waals surface area (Å²) >= 11 is 6.44. The van der Waals surface area contributed by atoms with Gasteiger partial charge in [-0.2, -0.15) is 4.98 Å². The summed E-state index contributed by atoms with van der Waals surface area (Å²) < 4.78 is 20.2. The standard InChI is InChI=1S/C25H22ClFN4O/c1-3-16-9-10-18-24(29-22-14(2)13-28-21-11-8-15(27)12-19(21)22)30-23(31-25(18)32-16)17-6-4-5-7-20(17)26/h4-12,16,28H,3,13H2,1-2H3,(H,29,30,31)/t16-/m0/s1. The molecule has 2 aliphatic rings. The zero-order valence-electron chi connectivity index (χ0n) is 17.7. The van der Waals surface area contributed by atoms with E-state index in [1.807, 2.05) is 37.3 Å². The lowest BCUT2D eigenvalue weighted by molar-refractivity contribution is 0.232. The van der Waals surface area contributed by atoms with Crippen molar-refractivity contribution in [2.75, 3.05) is 17.2 Å². The summed E-state index contributed by atoms with van der Waals surface area (Å²) in [6.45, 7) is 4.71. The Bertz CT molecular complexity index is 1270. The fourth-order valence-electron chi connectivity index (χ4n) is 3.87. The number of aromatic nitrogens is 2. The van der Waals surface area contributed by atoms with Crippen molar-refractivity contribution in [3.8, 4) is 17.3 Å². The molecule has 5 rings (SSSR count). The second-order valence-electron chi connectivity index (χ2n) is 7.84. The molecule has 0 fully saturated rings. The van der Waals surface area contributed by atoms with Crippen molar-refractivity contribution >= 4 is 34.9 Å². The molecular weight excluding hydrogens is 427 g/mol. The van der Waals surface area contributed by atoms with E-state index in [-0.39, 0.29) is 11.9 Å². The molecule has 5 nitrogen and oxygen atoms in total. The minimum absolute atomic E-state index is 0.0565. The van der Waals surface area contributed by atoms with Crippen LogP contribution in [0.4, 0.5) is 15.9 Å². The summed E-state index contributed by atoms with van der Waals surface area (Å²) in [5.41, 5.74) is 4.95. The topological polar surface area (TPSA) is 59.1 Å². The summed E-state index contributed by atoms with van der Waals surface area (Å²) in [6.07, 6.45) is 4.75. The van der Waals surface area contributed by atoms with Crippen LogP contribution in [-0.4, -0.2) is 22.6 Å². The quantitative estimate of drug-likeness (QED) is 0.484. The molecule has 0 amide bonds. The number of ether oxygens (including phenoxy) is 1. The highest BCUT2D eigenvalue weighted by Crippen LogP contribution is 2.38. The molecule has 1 atom stereocenters. The van der Waals surface area contributed by atoms with Crippen LogP contribution in [0, 0.1) is 5.82 Å². The molecule has 0 aliphatic carbocycles. The highest BCUT2D eigenvalue weighted by atomic mass is 35.5. The molecule has 0 unspecified atom stereocenters. The van der Waals surface area contributed by atoms with Crippen LogP contribution in [0.25, 0.3) is 23.2 Å². The van der Waals surface area contributed by atoms with Crippen molar-refractivity contribution in [1.29, 1.82) is 0 Å². The molecule has 2 aromatic carbocycles. The van der Waals surface area contributed by atoms with Gasteiger partial charge in [-0.1, -0.05) is 30.7 Å². The number of benzene rings is 2. The Balaban J connectivity index is 1.65. The van der Waals surface area contributed by atoms with E-state index in [9.17, 15) is 4.39 Å². The number of rotatable bonds is 4. The predicted molar refractivity (Wildman–Crippen MR) is 127 cm³/mol. The normalized spacial score (nSPS) is 16.7. The average molecular weight is 449 g/mol. The SMILES string of the molecule is CC[C@H]1C=Cc2c(NC3=C(C)CNc4ccc(F)cc43)nc(-c3ccccc3Cl)nc2O1. The molecule has 0 bridgehead atoms. The lowest BCUT2D eigenvalue weighted by Crippen LogP contribution is -2.20. The molecule has 0 radical (unpaired) electrons. The van der Waals surface area contributed by atoms with E-state index in [0.717, 1.165) is 34.5 Å². The predicted octanol–water partition coefficient (Wildman–Crippen LogP) is 6.39. The van der Waals surface area contributed by atoms with Gasteiger partial charge >= 0.3 is 0 Å². The van der Waals surface area contributed by atoms with Gasteiger partial charge in [-0.05, 0) is 61.4 Å². The Hall–Kier alpha value is -3.38. The Labute approximate surface area is 191 Å². The second kappa shape index (κ2) is 8.28. The maximum Gasteiger partial charge on any atom is 0.227 e. The van der Waals surface area contributed by atoms with Crippen LogP contribution in [-0.2, 0) is 0 Å². The number of nitrogens with one attached hydrogen (secondary N) is 2. The van der Waals surface area contributed by atoms with Crippen molar-refractivity contribution in [3.05, 3.63) is 76.1 Å². The van der Waals surface area contributed by atoms with E-state index in [1.54, 1.807) is 12.1 Å². The third kappa shape index (κ3) is 3.71. The van der Waals surface area contributed by atoms with Crippen LogP contribution in [0.3, 0.4) is 0 Å². The first-order valence-electron chi connectivity index (χ1n) is 10.6. The van der Waals surface area contributed by atoms with Crippen LogP contribution in [0.15, 0.2) is 54.1 Å². The maximum absolute atomic E-state index is 14.1. The van der Waals surface area contributed by atoms with Crippen molar-refractivity contribution in [1.82, 2.24) is 9.97 Å². The average Bonchev–Trinajstić information content (AvgIpc) is 2.80. The largest absolute Gasteiger partial charge is 0.470 e. The van der Waals surface area contributed by atoms with Crippen molar-refractivity contribution in [2.45, 2.75) is 26.4 Å². The first-order valence-corrected chi connectivity index (χ1v) is 10.9. The smallest absolute Gasteiger partial charge is 0.227 e. The van der Waals surface area contributed by atoms with Crippen LogP contribution < -0.4 is 15.4 Å². The molecule has 3 heterocycles. The minimum atomic E-state index is -0.296. The molecular formula is C25H22ClFN4O. The van der Waals surface area contributed by atoms with Gasteiger partial charge < -0.3 is 15.4 Å². The Kier molecular flexibility index (Phi) is 5.31. The third-order valence-electron chi connectivity index (χ3n) is 5.63. The first-order chi connectivity index (χ1) is 15.5. The van der Waals surface area contributed by atoms with E-state index in [2.05, 4.69) is 22.5 Å². The van der Waals surface area contributed by atoms with Gasteiger partial charge in [-0.15, -0.1) is 0 Å². The van der Waals surface area contributed by atoms with E-state index in [1.165, 1.54) is 12.1 Å². The van der Waals surface area contributed by atoms with Gasteiger partial charge in [-0.3, -0.25) is 0 Å². The first kappa shape index (κ1) is 20.5. The zero-order chi connectivity index (χ0) is 22.2. The summed E-state index contributed by atoms with van der Waals surface area (Å²) in [5.74, 6) is 1.25. The van der Waals surface area contributed by atoms with E-state index in [4.69, 9.17) is 21.3 Å². The van der Waals surface area contributed by atoms with E-state index in [0.29, 0.717) is 34.7 Å². The van der Waals surface area contributed by atoms with Crippen molar-refractivity contribution in [3.63, 3.8) is 0 Å². The highest BCUT2D eigenvalue weighted by Gasteiger charge is 2.24. The molecule has 162 valence electrons. The highest BCUT2D eigenvalue weighted by molar-refractivity contribution is 6.33. The number of hydrogen-bond donors (Lipinski definition) is 2. The van der Waals surface area contributed by atoms with Gasteiger partial charge in [0.15, 0.2) is 5.82 Å². The lowest BCUT2D eigenvalue weighted by atomic mass is 10.0.